The molecule has 4 fully saturated rings. The van der Waals surface area contributed by atoms with Crippen LogP contribution < -0.4 is 9.47 Å². The fraction of sp³-hybridized carbons (Fsp3) is 0.636. The molecule has 3 atom stereocenters. The summed E-state index contributed by atoms with van der Waals surface area (Å²) in [6.07, 6.45) is 4.00. The van der Waals surface area contributed by atoms with Gasteiger partial charge >= 0.3 is 0 Å². The quantitative estimate of drug-likeness (QED) is 0.781. The zero-order valence-corrected chi connectivity index (χ0v) is 16.4. The lowest BCUT2D eigenvalue weighted by Gasteiger charge is -2.51. The lowest BCUT2D eigenvalue weighted by atomic mass is 9.75. The first kappa shape index (κ1) is 18.0. The van der Waals surface area contributed by atoms with Crippen molar-refractivity contribution in [2.24, 2.45) is 5.92 Å². The van der Waals surface area contributed by atoms with Gasteiger partial charge in [0.05, 0.1) is 6.04 Å². The highest BCUT2D eigenvalue weighted by Crippen LogP contribution is 2.48. The van der Waals surface area contributed by atoms with Gasteiger partial charge < -0.3 is 19.2 Å². The monoisotopic (exact) mass is 384 g/mol. The van der Waals surface area contributed by atoms with Crippen molar-refractivity contribution in [2.75, 3.05) is 26.4 Å². The zero-order chi connectivity index (χ0) is 19.3. The molecule has 6 nitrogen and oxygen atoms in total. The second-order valence-corrected chi connectivity index (χ2v) is 8.68. The Morgan fingerprint density at radius 3 is 2.64 bits per heavy atom. The van der Waals surface area contributed by atoms with Crippen molar-refractivity contribution in [3.05, 3.63) is 23.8 Å². The van der Waals surface area contributed by atoms with E-state index in [0.717, 1.165) is 31.1 Å². The fourth-order valence-corrected chi connectivity index (χ4v) is 5.77. The van der Waals surface area contributed by atoms with Gasteiger partial charge in [0.25, 0.3) is 0 Å². The van der Waals surface area contributed by atoms with Crippen molar-refractivity contribution >= 4 is 11.7 Å². The number of carbonyl (C=O) groups is 2. The minimum absolute atomic E-state index is 0.160. The van der Waals surface area contributed by atoms with Crippen molar-refractivity contribution in [3.8, 4) is 11.5 Å². The molecule has 0 spiro atoms. The molecule has 5 heterocycles. The number of benzene rings is 1. The van der Waals surface area contributed by atoms with E-state index in [1.165, 1.54) is 18.4 Å². The Kier molecular flexibility index (Phi) is 4.54. The predicted molar refractivity (Wildman–Crippen MR) is 103 cm³/mol. The van der Waals surface area contributed by atoms with E-state index in [-0.39, 0.29) is 18.5 Å². The van der Waals surface area contributed by atoms with Crippen molar-refractivity contribution in [1.29, 1.82) is 0 Å². The number of hydrogen-bond donors (Lipinski definition) is 0. The van der Waals surface area contributed by atoms with Gasteiger partial charge in [-0.1, -0.05) is 6.07 Å². The average Bonchev–Trinajstić information content (AvgIpc) is 3.33. The Balaban J connectivity index is 1.41. The van der Waals surface area contributed by atoms with Crippen LogP contribution in [0.3, 0.4) is 0 Å². The lowest BCUT2D eigenvalue weighted by Crippen LogP contribution is -2.60. The molecule has 2 bridgehead atoms. The second kappa shape index (κ2) is 7.07. The Morgan fingerprint density at radius 2 is 1.86 bits per heavy atom. The van der Waals surface area contributed by atoms with E-state index in [2.05, 4.69) is 21.9 Å². The molecule has 0 unspecified atom stereocenters. The van der Waals surface area contributed by atoms with E-state index in [9.17, 15) is 9.59 Å². The molecule has 5 aliphatic rings. The molecule has 6 rings (SSSR count). The van der Waals surface area contributed by atoms with Gasteiger partial charge in [-0.05, 0) is 62.9 Å². The van der Waals surface area contributed by atoms with Crippen molar-refractivity contribution in [3.63, 3.8) is 0 Å². The Bertz CT molecular complexity index is 787. The molecule has 5 aliphatic heterocycles. The largest absolute Gasteiger partial charge is 0.454 e. The Morgan fingerprint density at radius 1 is 1.07 bits per heavy atom. The second-order valence-electron chi connectivity index (χ2n) is 8.68. The molecule has 1 amide bonds. The highest BCUT2D eigenvalue weighted by atomic mass is 16.7. The average molecular weight is 384 g/mol. The minimum Gasteiger partial charge on any atom is -0.454 e. The summed E-state index contributed by atoms with van der Waals surface area (Å²) in [4.78, 5) is 29.1. The molecular weight excluding hydrogens is 356 g/mol. The molecule has 1 aromatic carbocycles. The third-order valence-electron chi connectivity index (χ3n) is 7.06. The maximum Gasteiger partial charge on any atom is 0.231 e. The molecule has 0 N–H and O–H groups in total. The van der Waals surface area contributed by atoms with Crippen molar-refractivity contribution in [2.45, 2.75) is 57.0 Å². The number of carbonyl (C=O) groups excluding carboxylic acids is 2. The molecule has 150 valence electrons. The van der Waals surface area contributed by atoms with Crippen LogP contribution in [0.2, 0.25) is 0 Å². The number of Topliss-reactive ketones (excluding diaryl/α,β-unsaturated/α-hetero) is 1. The molecule has 6 heteroatoms. The molecular formula is C22H28N2O4. The normalized spacial score (nSPS) is 32.5. The summed E-state index contributed by atoms with van der Waals surface area (Å²) in [6, 6.07) is 6.95. The van der Waals surface area contributed by atoms with E-state index in [0.29, 0.717) is 43.2 Å². The third-order valence-corrected chi connectivity index (χ3v) is 7.06. The number of ether oxygens (including phenoxy) is 2. The van der Waals surface area contributed by atoms with Gasteiger partial charge in [-0.3, -0.25) is 9.69 Å². The van der Waals surface area contributed by atoms with E-state index in [4.69, 9.17) is 9.47 Å². The van der Waals surface area contributed by atoms with Crippen LogP contribution >= 0.6 is 0 Å². The minimum atomic E-state index is 0.160. The van der Waals surface area contributed by atoms with Gasteiger partial charge in [0.2, 0.25) is 12.7 Å². The first-order valence-electron chi connectivity index (χ1n) is 10.5. The van der Waals surface area contributed by atoms with Crippen LogP contribution in [0.15, 0.2) is 18.2 Å². The van der Waals surface area contributed by atoms with Crippen LogP contribution in [0.5, 0.6) is 11.5 Å². The number of hydrogen-bond acceptors (Lipinski definition) is 5. The van der Waals surface area contributed by atoms with E-state index < -0.39 is 0 Å². The summed E-state index contributed by atoms with van der Waals surface area (Å²) in [5, 5.41) is 0. The summed E-state index contributed by atoms with van der Waals surface area (Å²) in [7, 11) is 0. The van der Waals surface area contributed by atoms with Crippen LogP contribution in [-0.2, 0) is 9.59 Å². The van der Waals surface area contributed by atoms with Gasteiger partial charge in [-0.15, -0.1) is 0 Å². The van der Waals surface area contributed by atoms with Crippen LogP contribution in [0.1, 0.15) is 50.5 Å². The van der Waals surface area contributed by atoms with Crippen LogP contribution in [0.25, 0.3) is 0 Å². The van der Waals surface area contributed by atoms with Crippen molar-refractivity contribution < 1.29 is 19.1 Å². The first-order valence-corrected chi connectivity index (χ1v) is 10.5. The Labute approximate surface area is 165 Å². The number of amides is 1. The molecule has 0 aliphatic carbocycles. The van der Waals surface area contributed by atoms with E-state index in [1.807, 2.05) is 6.07 Å². The fourth-order valence-electron chi connectivity index (χ4n) is 5.77. The lowest BCUT2D eigenvalue weighted by molar-refractivity contribution is -0.136. The number of ketones is 1. The smallest absolute Gasteiger partial charge is 0.231 e. The van der Waals surface area contributed by atoms with Gasteiger partial charge in [0, 0.05) is 31.3 Å². The standard InChI is InChI=1S/C22H28N2O4/c1-14(25)3-2-4-20(26)24-12-17(16-5-6-18-19(11-16)28-13-27-18)22-21(24)15-7-9-23(22)10-8-15/h5-6,11,15,17,21-22H,2-4,7-10,12-13H2,1H3/t17-,21+,22+/m0/s1. The highest BCUT2D eigenvalue weighted by Gasteiger charge is 2.54. The summed E-state index contributed by atoms with van der Waals surface area (Å²) in [6.45, 7) is 4.92. The topological polar surface area (TPSA) is 59.1 Å². The summed E-state index contributed by atoms with van der Waals surface area (Å²) < 4.78 is 11.1. The van der Waals surface area contributed by atoms with Crippen LogP contribution in [0, 0.1) is 5.92 Å². The number of piperidine rings is 3. The van der Waals surface area contributed by atoms with Crippen molar-refractivity contribution in [1.82, 2.24) is 9.80 Å². The maximum atomic E-state index is 13.1. The molecule has 0 radical (unpaired) electrons. The summed E-state index contributed by atoms with van der Waals surface area (Å²) >= 11 is 0. The number of nitrogens with zero attached hydrogens (tertiary/aromatic N) is 2. The summed E-state index contributed by atoms with van der Waals surface area (Å²) in [5.41, 5.74) is 1.24. The number of fused-ring (bicyclic) bond motifs is 3. The highest BCUT2D eigenvalue weighted by molar-refractivity contribution is 5.79. The molecule has 4 saturated heterocycles. The van der Waals surface area contributed by atoms with Gasteiger partial charge in [0.15, 0.2) is 11.5 Å². The van der Waals surface area contributed by atoms with Gasteiger partial charge in [-0.2, -0.15) is 0 Å². The molecule has 1 aromatic rings. The first-order chi connectivity index (χ1) is 13.6. The van der Waals surface area contributed by atoms with E-state index >= 15 is 0 Å². The molecule has 28 heavy (non-hydrogen) atoms. The predicted octanol–water partition coefficient (Wildman–Crippen LogP) is 2.56. The van der Waals surface area contributed by atoms with Gasteiger partial charge in [0.1, 0.15) is 5.78 Å². The third kappa shape index (κ3) is 2.98. The molecule has 0 aromatic heterocycles. The van der Waals surface area contributed by atoms with E-state index in [1.54, 1.807) is 6.92 Å². The Hall–Kier alpha value is -2.08. The molecule has 0 saturated carbocycles. The number of rotatable bonds is 5. The summed E-state index contributed by atoms with van der Waals surface area (Å²) in [5.74, 6) is 2.91. The van der Waals surface area contributed by atoms with Crippen LogP contribution in [0.4, 0.5) is 0 Å². The SMILES string of the molecule is CC(=O)CCCC(=O)N1C[C@@H](c2ccc3c(c2)OCO3)[C@@H]2[C@H]1C1CCN2CC1. The van der Waals surface area contributed by atoms with Gasteiger partial charge in [-0.25, -0.2) is 0 Å². The number of likely N-dealkylation sites (tertiary alicyclic amines) is 1. The maximum absolute atomic E-state index is 13.1. The zero-order valence-electron chi connectivity index (χ0n) is 16.4. The van der Waals surface area contributed by atoms with Crippen LogP contribution in [-0.4, -0.2) is 60.0 Å².